The van der Waals surface area contributed by atoms with Crippen molar-refractivity contribution in [2.75, 3.05) is 13.2 Å². The van der Waals surface area contributed by atoms with Gasteiger partial charge in [0.15, 0.2) is 0 Å². The Kier molecular flexibility index (Phi) is 3.46. The Hall–Kier alpha value is -0.480. The van der Waals surface area contributed by atoms with Crippen molar-refractivity contribution in [3.05, 3.63) is 0 Å². The van der Waals surface area contributed by atoms with Crippen molar-refractivity contribution in [2.24, 2.45) is 5.73 Å². The van der Waals surface area contributed by atoms with Crippen LogP contribution in [0.25, 0.3) is 0 Å². The first-order valence-corrected chi connectivity index (χ1v) is 2.92. The van der Waals surface area contributed by atoms with Gasteiger partial charge in [-0.3, -0.25) is 0 Å². The second-order valence-corrected chi connectivity index (χ2v) is 2.16. The third-order valence-corrected chi connectivity index (χ3v) is 1.64. The summed E-state index contributed by atoms with van der Waals surface area (Å²) in [5.41, 5.74) is 4.94. The van der Waals surface area contributed by atoms with Gasteiger partial charge in [-0.15, -0.1) is 12.4 Å². The molecule has 1 aliphatic rings. The smallest absolute Gasteiger partial charge is 0.315 e. The molecule has 1 aliphatic heterocycles. The maximum Gasteiger partial charge on any atom is 0.315 e. The molecule has 1 rings (SSSR count). The van der Waals surface area contributed by atoms with Gasteiger partial charge in [-0.2, -0.15) is 0 Å². The summed E-state index contributed by atoms with van der Waals surface area (Å²) >= 11 is 0. The van der Waals surface area contributed by atoms with Crippen LogP contribution in [0.15, 0.2) is 0 Å². The highest BCUT2D eigenvalue weighted by atomic mass is 35.5. The van der Waals surface area contributed by atoms with E-state index in [1.54, 1.807) is 0 Å². The molecule has 1 atom stereocenters. The molecule has 0 saturated carbocycles. The normalized spacial score (nSPS) is 22.9. The van der Waals surface area contributed by atoms with Gasteiger partial charge in [0, 0.05) is 6.54 Å². The van der Waals surface area contributed by atoms with Gasteiger partial charge >= 0.3 is 6.03 Å². The number of hydrogen-bond donors (Lipinski definition) is 2. The molecule has 0 aromatic rings. The molecular formula is C5H11ClN2O2. The lowest BCUT2D eigenvalue weighted by Gasteiger charge is -2.38. The molecule has 3 N–H and O–H groups in total. The van der Waals surface area contributed by atoms with Gasteiger partial charge in [0.2, 0.25) is 0 Å². The molecule has 10 heavy (non-hydrogen) atoms. The van der Waals surface area contributed by atoms with Gasteiger partial charge < -0.3 is 15.7 Å². The monoisotopic (exact) mass is 166 g/mol. The Morgan fingerprint density at radius 2 is 2.40 bits per heavy atom. The van der Waals surface area contributed by atoms with Gasteiger partial charge in [-0.05, 0) is 6.42 Å². The number of nitrogens with zero attached hydrogens (tertiary/aromatic N) is 1. The third-order valence-electron chi connectivity index (χ3n) is 1.64. The fraction of sp³-hybridized carbons (Fsp3) is 0.800. The van der Waals surface area contributed by atoms with Crippen molar-refractivity contribution in [2.45, 2.75) is 12.5 Å². The van der Waals surface area contributed by atoms with E-state index in [9.17, 15) is 4.79 Å². The lowest BCUT2D eigenvalue weighted by Crippen LogP contribution is -2.54. The molecule has 2 amide bonds. The van der Waals surface area contributed by atoms with Crippen LogP contribution in [0.5, 0.6) is 0 Å². The summed E-state index contributed by atoms with van der Waals surface area (Å²) in [6.07, 6.45) is 0.874. The van der Waals surface area contributed by atoms with E-state index in [0.29, 0.717) is 6.54 Å². The summed E-state index contributed by atoms with van der Waals surface area (Å²) in [5.74, 6) is 0. The number of hydrogen-bond acceptors (Lipinski definition) is 2. The fourth-order valence-electron chi connectivity index (χ4n) is 0.921. The Balaban J connectivity index is 0.000000810. The van der Waals surface area contributed by atoms with E-state index in [1.807, 2.05) is 0 Å². The molecule has 0 aromatic heterocycles. The first kappa shape index (κ1) is 9.52. The molecule has 5 heteroatoms. The summed E-state index contributed by atoms with van der Waals surface area (Å²) in [4.78, 5) is 11.8. The SMILES string of the molecule is Cl.NC(=O)N1CCC1CO. The second-order valence-electron chi connectivity index (χ2n) is 2.16. The van der Waals surface area contributed by atoms with Gasteiger partial charge in [-0.1, -0.05) is 0 Å². The van der Waals surface area contributed by atoms with Gasteiger partial charge in [0.1, 0.15) is 0 Å². The predicted octanol–water partition coefficient (Wildman–Crippen LogP) is -0.447. The summed E-state index contributed by atoms with van der Waals surface area (Å²) in [5, 5.41) is 8.56. The minimum absolute atomic E-state index is 0. The number of carbonyl (C=O) groups excluding carboxylic acids is 1. The Bertz CT molecular complexity index is 129. The largest absolute Gasteiger partial charge is 0.394 e. The summed E-state index contributed by atoms with van der Waals surface area (Å²) in [6.45, 7) is 0.726. The molecule has 0 aromatic carbocycles. The Labute approximate surface area is 65.4 Å². The van der Waals surface area contributed by atoms with Gasteiger partial charge in [0.25, 0.3) is 0 Å². The van der Waals surface area contributed by atoms with Crippen molar-refractivity contribution < 1.29 is 9.90 Å². The van der Waals surface area contributed by atoms with Crippen LogP contribution >= 0.6 is 12.4 Å². The highest BCUT2D eigenvalue weighted by molar-refractivity contribution is 5.85. The van der Waals surface area contributed by atoms with E-state index >= 15 is 0 Å². The van der Waals surface area contributed by atoms with Crippen LogP contribution in [0.2, 0.25) is 0 Å². The van der Waals surface area contributed by atoms with Gasteiger partial charge in [-0.25, -0.2) is 4.79 Å². The molecule has 0 aliphatic carbocycles. The number of rotatable bonds is 1. The predicted molar refractivity (Wildman–Crippen MR) is 39.0 cm³/mol. The summed E-state index contributed by atoms with van der Waals surface area (Å²) in [7, 11) is 0. The minimum Gasteiger partial charge on any atom is -0.394 e. The number of aliphatic hydroxyl groups excluding tert-OH is 1. The van der Waals surface area contributed by atoms with E-state index in [4.69, 9.17) is 10.8 Å². The quantitative estimate of drug-likeness (QED) is 0.554. The molecule has 4 nitrogen and oxygen atoms in total. The van der Waals surface area contributed by atoms with Crippen molar-refractivity contribution >= 4 is 18.4 Å². The van der Waals surface area contributed by atoms with Crippen molar-refractivity contribution in [3.8, 4) is 0 Å². The van der Waals surface area contributed by atoms with Gasteiger partial charge in [0.05, 0.1) is 12.6 Å². The summed E-state index contributed by atoms with van der Waals surface area (Å²) < 4.78 is 0. The highest BCUT2D eigenvalue weighted by Gasteiger charge is 2.29. The van der Waals surface area contributed by atoms with E-state index < -0.39 is 6.03 Å². The number of likely N-dealkylation sites (tertiary alicyclic amines) is 1. The number of amides is 2. The highest BCUT2D eigenvalue weighted by Crippen LogP contribution is 2.14. The molecular weight excluding hydrogens is 156 g/mol. The van der Waals surface area contributed by atoms with Crippen molar-refractivity contribution in [1.82, 2.24) is 4.90 Å². The zero-order valence-electron chi connectivity index (χ0n) is 5.49. The van der Waals surface area contributed by atoms with Crippen LogP contribution in [-0.4, -0.2) is 35.2 Å². The van der Waals surface area contributed by atoms with E-state index in [2.05, 4.69) is 0 Å². The van der Waals surface area contributed by atoms with Crippen LogP contribution in [0, 0.1) is 0 Å². The molecule has 1 unspecified atom stereocenters. The van der Waals surface area contributed by atoms with Crippen LogP contribution < -0.4 is 5.73 Å². The van der Waals surface area contributed by atoms with Crippen LogP contribution in [0.3, 0.4) is 0 Å². The first-order valence-electron chi connectivity index (χ1n) is 2.92. The van der Waals surface area contributed by atoms with E-state index in [1.165, 1.54) is 4.90 Å². The zero-order chi connectivity index (χ0) is 6.85. The fourth-order valence-corrected chi connectivity index (χ4v) is 0.921. The number of halogens is 1. The zero-order valence-corrected chi connectivity index (χ0v) is 6.30. The third kappa shape index (κ3) is 1.52. The van der Waals surface area contributed by atoms with E-state index in [0.717, 1.165) is 6.42 Å². The second kappa shape index (κ2) is 3.63. The average molecular weight is 167 g/mol. The topological polar surface area (TPSA) is 66.6 Å². The molecule has 0 radical (unpaired) electrons. The molecule has 60 valence electrons. The molecule has 0 bridgehead atoms. The van der Waals surface area contributed by atoms with Crippen LogP contribution in [0.4, 0.5) is 4.79 Å². The lowest BCUT2D eigenvalue weighted by molar-refractivity contribution is 0.0748. The maximum absolute atomic E-state index is 10.4. The van der Waals surface area contributed by atoms with E-state index in [-0.39, 0.29) is 25.1 Å². The standard InChI is InChI=1S/C5H10N2O2.ClH/c6-5(9)7-2-1-4(7)3-8;/h4,8H,1-3H2,(H2,6,9);1H. The van der Waals surface area contributed by atoms with Crippen molar-refractivity contribution in [1.29, 1.82) is 0 Å². The number of carbonyl (C=O) groups is 1. The Morgan fingerprint density at radius 1 is 1.80 bits per heavy atom. The number of aliphatic hydroxyl groups is 1. The van der Waals surface area contributed by atoms with Crippen LogP contribution in [-0.2, 0) is 0 Å². The summed E-state index contributed by atoms with van der Waals surface area (Å²) in [6, 6.07) is -0.442. The Morgan fingerprint density at radius 3 is 2.50 bits per heavy atom. The average Bonchev–Trinajstić information content (AvgIpc) is 1.61. The molecule has 1 saturated heterocycles. The molecule has 1 fully saturated rings. The number of urea groups is 1. The number of nitrogens with two attached hydrogens (primary N) is 1. The lowest BCUT2D eigenvalue weighted by atomic mass is 10.1. The minimum atomic E-state index is -0.430. The first-order chi connectivity index (χ1) is 4.25. The van der Waals surface area contributed by atoms with Crippen LogP contribution in [0.1, 0.15) is 6.42 Å². The van der Waals surface area contributed by atoms with Crippen molar-refractivity contribution in [3.63, 3.8) is 0 Å². The number of primary amides is 1. The molecule has 0 spiro atoms. The maximum atomic E-state index is 10.4. The molecule has 1 heterocycles.